The standard InChI is InChI=1S/C13H12BrNS/c1-9-5-6-10(2)12(8-9)16-13-11(14)4-3-7-15-13/h3-8H,1-2H3. The van der Waals surface area contributed by atoms with E-state index in [0.29, 0.717) is 0 Å². The summed E-state index contributed by atoms with van der Waals surface area (Å²) < 4.78 is 1.04. The van der Waals surface area contributed by atoms with E-state index >= 15 is 0 Å². The largest absolute Gasteiger partial charge is 0.248 e. The Bertz CT molecular complexity index is 511. The van der Waals surface area contributed by atoms with E-state index in [1.165, 1.54) is 16.0 Å². The van der Waals surface area contributed by atoms with Crippen LogP contribution in [-0.4, -0.2) is 4.98 Å². The van der Waals surface area contributed by atoms with Gasteiger partial charge < -0.3 is 0 Å². The highest BCUT2D eigenvalue weighted by atomic mass is 79.9. The third kappa shape index (κ3) is 2.66. The minimum atomic E-state index is 1.01. The zero-order valence-electron chi connectivity index (χ0n) is 9.20. The molecule has 1 nitrogen and oxygen atoms in total. The van der Waals surface area contributed by atoms with Crippen molar-refractivity contribution in [1.82, 2.24) is 4.98 Å². The first-order chi connectivity index (χ1) is 7.66. The molecule has 16 heavy (non-hydrogen) atoms. The van der Waals surface area contributed by atoms with Gasteiger partial charge in [0, 0.05) is 11.1 Å². The lowest BCUT2D eigenvalue weighted by molar-refractivity contribution is 1.10. The first-order valence-corrected chi connectivity index (χ1v) is 6.63. The molecule has 0 unspecified atom stereocenters. The van der Waals surface area contributed by atoms with Crippen LogP contribution in [0.3, 0.4) is 0 Å². The lowest BCUT2D eigenvalue weighted by atomic mass is 10.2. The molecule has 2 rings (SSSR count). The summed E-state index contributed by atoms with van der Waals surface area (Å²) >= 11 is 5.21. The molecule has 0 radical (unpaired) electrons. The highest BCUT2D eigenvalue weighted by Crippen LogP contribution is 2.33. The molecule has 3 heteroatoms. The molecule has 1 heterocycles. The third-order valence-corrected chi connectivity index (χ3v) is 4.36. The van der Waals surface area contributed by atoms with Crippen molar-refractivity contribution >= 4 is 27.7 Å². The molecular formula is C13H12BrNS. The van der Waals surface area contributed by atoms with E-state index in [1.807, 2.05) is 18.3 Å². The van der Waals surface area contributed by atoms with Crippen LogP contribution in [0.15, 0.2) is 50.9 Å². The van der Waals surface area contributed by atoms with Gasteiger partial charge in [-0.25, -0.2) is 4.98 Å². The van der Waals surface area contributed by atoms with Crippen LogP contribution in [0.5, 0.6) is 0 Å². The number of hydrogen-bond donors (Lipinski definition) is 0. The maximum atomic E-state index is 4.36. The predicted octanol–water partition coefficient (Wildman–Crippen LogP) is 4.61. The number of aromatic nitrogens is 1. The molecule has 1 aromatic heterocycles. The van der Waals surface area contributed by atoms with Crippen LogP contribution in [0.1, 0.15) is 11.1 Å². The van der Waals surface area contributed by atoms with Gasteiger partial charge in [0.2, 0.25) is 0 Å². The molecule has 0 saturated carbocycles. The number of hydrogen-bond acceptors (Lipinski definition) is 2. The van der Waals surface area contributed by atoms with Gasteiger partial charge in [-0.3, -0.25) is 0 Å². The Kier molecular flexibility index (Phi) is 3.66. The van der Waals surface area contributed by atoms with Crippen LogP contribution in [0.25, 0.3) is 0 Å². The molecule has 0 saturated heterocycles. The van der Waals surface area contributed by atoms with Crippen LogP contribution in [-0.2, 0) is 0 Å². The number of pyridine rings is 1. The minimum absolute atomic E-state index is 1.01. The van der Waals surface area contributed by atoms with E-state index in [0.717, 1.165) is 9.50 Å². The molecule has 0 fully saturated rings. The predicted molar refractivity (Wildman–Crippen MR) is 72.0 cm³/mol. The summed E-state index contributed by atoms with van der Waals surface area (Å²) in [5.41, 5.74) is 2.56. The number of nitrogens with zero attached hydrogens (tertiary/aromatic N) is 1. The molecule has 0 aliphatic rings. The SMILES string of the molecule is Cc1ccc(C)c(Sc2ncccc2Br)c1. The number of rotatable bonds is 2. The van der Waals surface area contributed by atoms with Crippen molar-refractivity contribution in [3.63, 3.8) is 0 Å². The van der Waals surface area contributed by atoms with Gasteiger partial charge in [0.15, 0.2) is 0 Å². The lowest BCUT2D eigenvalue weighted by Gasteiger charge is -2.07. The van der Waals surface area contributed by atoms with Crippen LogP contribution < -0.4 is 0 Å². The van der Waals surface area contributed by atoms with Crippen molar-refractivity contribution < 1.29 is 0 Å². The average molecular weight is 294 g/mol. The Morgan fingerprint density at radius 3 is 2.75 bits per heavy atom. The number of halogens is 1. The molecule has 0 atom stereocenters. The summed E-state index contributed by atoms with van der Waals surface area (Å²) in [6.07, 6.45) is 1.82. The van der Waals surface area contributed by atoms with Crippen LogP contribution in [0.2, 0.25) is 0 Å². The fourth-order valence-electron chi connectivity index (χ4n) is 1.37. The minimum Gasteiger partial charge on any atom is -0.248 e. The zero-order valence-corrected chi connectivity index (χ0v) is 11.6. The highest BCUT2D eigenvalue weighted by molar-refractivity contribution is 9.10. The lowest BCUT2D eigenvalue weighted by Crippen LogP contribution is -1.85. The fourth-order valence-corrected chi connectivity index (χ4v) is 2.83. The topological polar surface area (TPSA) is 12.9 Å². The second kappa shape index (κ2) is 5.02. The maximum Gasteiger partial charge on any atom is 0.115 e. The van der Waals surface area contributed by atoms with E-state index in [-0.39, 0.29) is 0 Å². The Hall–Kier alpha value is -0.800. The highest BCUT2D eigenvalue weighted by Gasteiger charge is 2.05. The number of benzene rings is 1. The van der Waals surface area contributed by atoms with E-state index < -0.39 is 0 Å². The summed E-state index contributed by atoms with van der Waals surface area (Å²) in [7, 11) is 0. The summed E-state index contributed by atoms with van der Waals surface area (Å²) in [5, 5.41) is 1.01. The van der Waals surface area contributed by atoms with Gasteiger partial charge in [0.25, 0.3) is 0 Å². The van der Waals surface area contributed by atoms with Crippen LogP contribution >= 0.6 is 27.7 Å². The van der Waals surface area contributed by atoms with Crippen molar-refractivity contribution in [2.75, 3.05) is 0 Å². The van der Waals surface area contributed by atoms with Crippen molar-refractivity contribution in [3.05, 3.63) is 52.1 Å². The second-order valence-corrected chi connectivity index (χ2v) is 5.55. The Labute approximate surface area is 108 Å². The monoisotopic (exact) mass is 293 g/mol. The molecular weight excluding hydrogens is 282 g/mol. The van der Waals surface area contributed by atoms with E-state index in [4.69, 9.17) is 0 Å². The van der Waals surface area contributed by atoms with Crippen molar-refractivity contribution in [3.8, 4) is 0 Å². The molecule has 1 aromatic carbocycles. The van der Waals surface area contributed by atoms with Gasteiger partial charge in [-0.1, -0.05) is 23.9 Å². The van der Waals surface area contributed by atoms with Gasteiger partial charge in [0.05, 0.1) is 4.47 Å². The van der Waals surface area contributed by atoms with Gasteiger partial charge >= 0.3 is 0 Å². The van der Waals surface area contributed by atoms with Crippen molar-refractivity contribution in [2.24, 2.45) is 0 Å². The van der Waals surface area contributed by atoms with Crippen LogP contribution in [0.4, 0.5) is 0 Å². The Balaban J connectivity index is 2.34. The molecule has 2 aromatic rings. The fraction of sp³-hybridized carbons (Fsp3) is 0.154. The number of aryl methyl sites for hydroxylation is 2. The zero-order chi connectivity index (χ0) is 11.5. The summed E-state index contributed by atoms with van der Waals surface area (Å²) in [6, 6.07) is 10.4. The van der Waals surface area contributed by atoms with E-state index in [1.54, 1.807) is 11.8 Å². The van der Waals surface area contributed by atoms with Crippen LogP contribution in [0, 0.1) is 13.8 Å². The quantitative estimate of drug-likeness (QED) is 0.802. The summed E-state index contributed by atoms with van der Waals surface area (Å²) in [6.45, 7) is 4.23. The summed E-state index contributed by atoms with van der Waals surface area (Å²) in [4.78, 5) is 5.62. The molecule has 0 amide bonds. The normalized spacial score (nSPS) is 10.4. The van der Waals surface area contributed by atoms with Crippen molar-refractivity contribution in [1.29, 1.82) is 0 Å². The van der Waals surface area contributed by atoms with Gasteiger partial charge in [-0.05, 0) is 59.1 Å². The van der Waals surface area contributed by atoms with E-state index in [2.05, 4.69) is 53.0 Å². The first-order valence-electron chi connectivity index (χ1n) is 5.02. The van der Waals surface area contributed by atoms with Gasteiger partial charge in [-0.15, -0.1) is 0 Å². The molecule has 0 bridgehead atoms. The Morgan fingerprint density at radius 1 is 1.19 bits per heavy atom. The summed E-state index contributed by atoms with van der Waals surface area (Å²) in [5.74, 6) is 0. The smallest absolute Gasteiger partial charge is 0.115 e. The average Bonchev–Trinajstić information content (AvgIpc) is 2.27. The molecule has 0 aliphatic carbocycles. The molecule has 0 N–H and O–H groups in total. The first kappa shape index (κ1) is 11.7. The molecule has 82 valence electrons. The van der Waals surface area contributed by atoms with E-state index in [9.17, 15) is 0 Å². The molecule has 0 aliphatic heterocycles. The van der Waals surface area contributed by atoms with Crippen molar-refractivity contribution in [2.45, 2.75) is 23.8 Å². The Morgan fingerprint density at radius 2 is 2.00 bits per heavy atom. The molecule has 0 spiro atoms. The second-order valence-electron chi connectivity index (χ2n) is 3.66. The van der Waals surface area contributed by atoms with Gasteiger partial charge in [-0.2, -0.15) is 0 Å². The maximum absolute atomic E-state index is 4.36. The third-order valence-electron chi connectivity index (χ3n) is 2.27. The van der Waals surface area contributed by atoms with Gasteiger partial charge in [0.1, 0.15) is 5.03 Å².